The third-order valence-electron chi connectivity index (χ3n) is 6.04. The number of fused-ring (bicyclic) bond motifs is 2. The maximum Gasteiger partial charge on any atom is 0.300 e. The van der Waals surface area contributed by atoms with Gasteiger partial charge in [0, 0.05) is 30.5 Å². The summed E-state index contributed by atoms with van der Waals surface area (Å²) in [4.78, 5) is 14.0. The van der Waals surface area contributed by atoms with Crippen LogP contribution in [0.2, 0.25) is 0 Å². The van der Waals surface area contributed by atoms with Crippen molar-refractivity contribution in [3.05, 3.63) is 53.6 Å². The fourth-order valence-electron chi connectivity index (χ4n) is 4.65. The molecule has 3 aromatic rings. The molecule has 1 aromatic carbocycles. The molecule has 2 aromatic heterocycles. The summed E-state index contributed by atoms with van der Waals surface area (Å²) >= 11 is 0. The first-order valence-electron chi connectivity index (χ1n) is 9.52. The topological polar surface area (TPSA) is 46.1 Å². The minimum absolute atomic E-state index is 0.514. The van der Waals surface area contributed by atoms with Gasteiger partial charge in [-0.2, -0.15) is 0 Å². The number of H-pyrrole nitrogens is 2. The van der Waals surface area contributed by atoms with Crippen LogP contribution in [0.1, 0.15) is 49.1 Å². The lowest BCUT2D eigenvalue weighted by Crippen LogP contribution is -2.41. The number of piperidine rings is 1. The van der Waals surface area contributed by atoms with Crippen molar-refractivity contribution in [1.29, 1.82) is 0 Å². The van der Waals surface area contributed by atoms with Crippen LogP contribution >= 0.6 is 0 Å². The van der Waals surface area contributed by atoms with Crippen LogP contribution in [0.15, 0.2) is 36.7 Å². The second kappa shape index (κ2) is 5.87. The monoisotopic (exact) mass is 333 g/mol. The molecule has 1 fully saturated rings. The van der Waals surface area contributed by atoms with E-state index in [1.807, 2.05) is 6.20 Å². The molecule has 25 heavy (non-hydrogen) atoms. The Hall–Kier alpha value is -2.36. The quantitative estimate of drug-likeness (QED) is 0.778. The average Bonchev–Trinajstić information content (AvgIpc) is 3.29. The molecule has 1 saturated heterocycles. The fourth-order valence-corrected chi connectivity index (χ4v) is 4.65. The van der Waals surface area contributed by atoms with Crippen LogP contribution in [0.3, 0.4) is 0 Å². The van der Waals surface area contributed by atoms with Gasteiger partial charge in [-0.05, 0) is 67.3 Å². The van der Waals surface area contributed by atoms with Crippen molar-refractivity contribution in [3.8, 4) is 0 Å². The average molecular weight is 333 g/mol. The van der Waals surface area contributed by atoms with Crippen molar-refractivity contribution in [2.75, 3.05) is 11.4 Å². The molecule has 0 radical (unpaired) electrons. The van der Waals surface area contributed by atoms with E-state index >= 15 is 0 Å². The van der Waals surface area contributed by atoms with E-state index in [1.165, 1.54) is 24.9 Å². The lowest BCUT2D eigenvalue weighted by Gasteiger charge is -2.38. The molecule has 2 atom stereocenters. The minimum atomic E-state index is 0.514. The zero-order valence-corrected chi connectivity index (χ0v) is 14.8. The first-order chi connectivity index (χ1) is 12.3. The van der Waals surface area contributed by atoms with Crippen molar-refractivity contribution in [2.45, 2.75) is 51.0 Å². The molecule has 0 spiro atoms. The third-order valence-corrected chi connectivity index (χ3v) is 6.04. The molecule has 2 N–H and O–H groups in total. The largest absolute Gasteiger partial charge is 0.369 e. The van der Waals surface area contributed by atoms with Crippen molar-refractivity contribution in [2.24, 2.45) is 0 Å². The zero-order valence-electron chi connectivity index (χ0n) is 14.8. The number of hydrogen-bond acceptors (Lipinski definition) is 2. The maximum absolute atomic E-state index is 4.83. The van der Waals surface area contributed by atoms with E-state index in [9.17, 15) is 0 Å². The van der Waals surface area contributed by atoms with Gasteiger partial charge in [0.15, 0.2) is 0 Å². The molecular formula is C21H25N4+. The van der Waals surface area contributed by atoms with Gasteiger partial charge in [0.25, 0.3) is 5.82 Å². The van der Waals surface area contributed by atoms with Crippen molar-refractivity contribution >= 4 is 16.7 Å². The molecule has 2 aliphatic rings. The second-order valence-corrected chi connectivity index (χ2v) is 7.63. The Bertz CT molecular complexity index is 913. The van der Waals surface area contributed by atoms with E-state index in [-0.39, 0.29) is 0 Å². The van der Waals surface area contributed by atoms with Gasteiger partial charge >= 0.3 is 0 Å². The van der Waals surface area contributed by atoms with Crippen LogP contribution in [-0.4, -0.2) is 22.6 Å². The number of rotatable bonds is 2. The predicted molar refractivity (Wildman–Crippen MR) is 99.9 cm³/mol. The molecule has 4 heteroatoms. The first kappa shape index (κ1) is 14.9. The molecule has 2 unspecified atom stereocenters. The summed E-state index contributed by atoms with van der Waals surface area (Å²) in [6.45, 7) is 3.46. The van der Waals surface area contributed by atoms with Gasteiger partial charge in [-0.3, -0.25) is 0 Å². The van der Waals surface area contributed by atoms with Crippen LogP contribution in [0.4, 0.5) is 5.69 Å². The van der Waals surface area contributed by atoms with Gasteiger partial charge in [0.05, 0.1) is 5.92 Å². The summed E-state index contributed by atoms with van der Waals surface area (Å²) in [5.41, 5.74) is 6.67. The van der Waals surface area contributed by atoms with Gasteiger partial charge in [0.1, 0.15) is 11.7 Å². The van der Waals surface area contributed by atoms with Crippen LogP contribution in [0, 0.1) is 0 Å². The third kappa shape index (κ3) is 2.60. The van der Waals surface area contributed by atoms with Crippen LogP contribution in [0.25, 0.3) is 11.0 Å². The number of benzene rings is 1. The SMILES string of the molecule is CC1CC(c2nc3cc[nH]c3c[nH+]2)CCN1c1ccc2c(c1)CCC2. The summed E-state index contributed by atoms with van der Waals surface area (Å²) < 4.78 is 0. The summed E-state index contributed by atoms with van der Waals surface area (Å²) in [6, 6.07) is 9.71. The Labute approximate surface area is 148 Å². The van der Waals surface area contributed by atoms with E-state index in [0.717, 1.165) is 36.2 Å². The Morgan fingerprint density at radius 2 is 2.12 bits per heavy atom. The summed E-state index contributed by atoms with van der Waals surface area (Å²) in [5, 5.41) is 0. The standard InChI is InChI=1S/C21H24N4/c1-14-11-17(21-23-13-20-19(24-21)7-9-22-20)8-10-25(14)18-6-5-15-3-2-4-16(15)12-18/h5-7,9,12-14,17,22H,2-4,8,10-11H2,1H3/p+1. The van der Waals surface area contributed by atoms with Gasteiger partial charge in [-0.25, -0.2) is 4.98 Å². The zero-order chi connectivity index (χ0) is 16.8. The highest BCUT2D eigenvalue weighted by atomic mass is 15.2. The maximum atomic E-state index is 4.83. The highest BCUT2D eigenvalue weighted by Gasteiger charge is 2.32. The van der Waals surface area contributed by atoms with Gasteiger partial charge in [-0.15, -0.1) is 0 Å². The predicted octanol–water partition coefficient (Wildman–Crippen LogP) is 3.64. The van der Waals surface area contributed by atoms with Crippen LogP contribution in [-0.2, 0) is 12.8 Å². The molecule has 0 bridgehead atoms. The molecule has 0 saturated carbocycles. The highest BCUT2D eigenvalue weighted by molar-refractivity contribution is 5.72. The van der Waals surface area contributed by atoms with E-state index in [0.29, 0.717) is 12.0 Å². The van der Waals surface area contributed by atoms with E-state index < -0.39 is 0 Å². The Balaban J connectivity index is 1.36. The van der Waals surface area contributed by atoms with Crippen molar-refractivity contribution in [1.82, 2.24) is 9.97 Å². The Morgan fingerprint density at radius 1 is 1.20 bits per heavy atom. The fraction of sp³-hybridized carbons (Fsp3) is 0.429. The molecule has 5 rings (SSSR count). The molecule has 1 aliphatic heterocycles. The number of aromatic amines is 2. The van der Waals surface area contributed by atoms with E-state index in [4.69, 9.17) is 4.98 Å². The molecule has 0 amide bonds. The lowest BCUT2D eigenvalue weighted by molar-refractivity contribution is -0.396. The number of nitrogens with one attached hydrogen (secondary N) is 2. The Kier molecular flexibility index (Phi) is 3.51. The van der Waals surface area contributed by atoms with E-state index in [1.54, 1.807) is 11.1 Å². The minimum Gasteiger partial charge on any atom is -0.369 e. The molecule has 128 valence electrons. The van der Waals surface area contributed by atoms with Gasteiger partial charge in [0.2, 0.25) is 5.52 Å². The van der Waals surface area contributed by atoms with Crippen LogP contribution in [0.5, 0.6) is 0 Å². The van der Waals surface area contributed by atoms with Crippen molar-refractivity contribution < 1.29 is 4.98 Å². The summed E-state index contributed by atoms with van der Waals surface area (Å²) in [7, 11) is 0. The van der Waals surface area contributed by atoms with E-state index in [2.05, 4.69) is 52.3 Å². The van der Waals surface area contributed by atoms with Gasteiger partial charge < -0.3 is 9.88 Å². The molecule has 1 aliphatic carbocycles. The highest BCUT2D eigenvalue weighted by Crippen LogP contribution is 2.34. The number of aryl methyl sites for hydroxylation is 2. The Morgan fingerprint density at radius 3 is 3.04 bits per heavy atom. The van der Waals surface area contributed by atoms with Crippen LogP contribution < -0.4 is 9.88 Å². The first-order valence-corrected chi connectivity index (χ1v) is 9.52. The number of aromatic nitrogens is 3. The second-order valence-electron chi connectivity index (χ2n) is 7.63. The van der Waals surface area contributed by atoms with Crippen molar-refractivity contribution in [3.63, 3.8) is 0 Å². The molecular weight excluding hydrogens is 308 g/mol. The van der Waals surface area contributed by atoms with Gasteiger partial charge in [-0.1, -0.05) is 6.07 Å². The smallest absolute Gasteiger partial charge is 0.300 e. The number of anilines is 1. The number of nitrogens with zero attached hydrogens (tertiary/aromatic N) is 2. The molecule has 4 nitrogen and oxygen atoms in total. The normalized spacial score (nSPS) is 23.2. The molecule has 3 heterocycles. The number of hydrogen-bond donors (Lipinski definition) is 1. The lowest BCUT2D eigenvalue weighted by atomic mass is 9.90. The summed E-state index contributed by atoms with van der Waals surface area (Å²) in [6.07, 6.45) is 10.1. The summed E-state index contributed by atoms with van der Waals surface area (Å²) in [5.74, 6) is 1.65.